The molecule has 0 aliphatic carbocycles. The highest BCUT2D eigenvalue weighted by atomic mass is 16.5. The van der Waals surface area contributed by atoms with E-state index in [-0.39, 0.29) is 0 Å². The number of nitrogens with zero attached hydrogens (tertiary/aromatic N) is 2. The Balaban J connectivity index is 2.15. The Morgan fingerprint density at radius 1 is 1.29 bits per heavy atom. The monoisotopic (exact) mass is 184 g/mol. The van der Waals surface area contributed by atoms with E-state index >= 15 is 0 Å². The number of aryl methyl sites for hydroxylation is 1. The first-order valence-corrected chi connectivity index (χ1v) is 4.37. The first kappa shape index (κ1) is 9.00. The third-order valence-corrected chi connectivity index (χ3v) is 1.91. The van der Waals surface area contributed by atoms with Gasteiger partial charge in [0.15, 0.2) is 5.82 Å². The second-order valence-corrected chi connectivity index (χ2v) is 3.15. The molecule has 0 aliphatic rings. The molecule has 4 heteroatoms. The van der Waals surface area contributed by atoms with Crippen molar-refractivity contribution in [3.63, 3.8) is 0 Å². The third-order valence-electron chi connectivity index (χ3n) is 1.91. The number of hydrogen-bond acceptors (Lipinski definition) is 3. The van der Waals surface area contributed by atoms with E-state index in [0.717, 1.165) is 11.0 Å². The van der Waals surface area contributed by atoms with Gasteiger partial charge in [-0.15, -0.1) is 0 Å². The molecule has 0 atom stereocenters. The van der Waals surface area contributed by atoms with Gasteiger partial charge in [0.25, 0.3) is 0 Å². The number of hydrogen-bond donors (Lipinski definition) is 0. The Morgan fingerprint density at radius 3 is 2.57 bits per heavy atom. The molecule has 3 nitrogen and oxygen atoms in total. The van der Waals surface area contributed by atoms with Crippen molar-refractivity contribution in [3.05, 3.63) is 41.5 Å². The molecule has 14 heavy (non-hydrogen) atoms. The fourth-order valence-electron chi connectivity index (χ4n) is 1.23. The number of aromatic nitrogens is 2. The molecule has 0 saturated heterocycles. The zero-order valence-corrected chi connectivity index (χ0v) is 7.90. The Morgan fingerprint density at radius 2 is 2.00 bits per heavy atom. The zero-order chi connectivity index (χ0) is 9.97. The van der Waals surface area contributed by atoms with Crippen LogP contribution in [-0.2, 0) is 6.42 Å². The maximum Gasteiger partial charge on any atom is 0.223 e. The van der Waals surface area contributed by atoms with Gasteiger partial charge in [0.2, 0.25) is 5.89 Å². The molecule has 2 radical (unpaired) electrons. The molecule has 68 valence electrons. The van der Waals surface area contributed by atoms with Gasteiger partial charge < -0.3 is 4.52 Å². The van der Waals surface area contributed by atoms with Crippen molar-refractivity contribution in [2.24, 2.45) is 0 Å². The lowest BCUT2D eigenvalue weighted by molar-refractivity contribution is 0.388. The van der Waals surface area contributed by atoms with Crippen LogP contribution < -0.4 is 5.46 Å². The van der Waals surface area contributed by atoms with Crippen molar-refractivity contribution in [1.29, 1.82) is 0 Å². The SMILES string of the molecule is [B]c1ccc(Cc2noc(C)n2)cc1. The molecule has 0 unspecified atom stereocenters. The van der Waals surface area contributed by atoms with Gasteiger partial charge in [-0.3, -0.25) is 0 Å². The van der Waals surface area contributed by atoms with Gasteiger partial charge in [-0.25, -0.2) is 0 Å². The minimum atomic E-state index is 0.593. The van der Waals surface area contributed by atoms with Gasteiger partial charge in [0, 0.05) is 13.3 Å². The average Bonchev–Trinajstić information content (AvgIpc) is 2.56. The Labute approximate surface area is 83.6 Å². The van der Waals surface area contributed by atoms with Gasteiger partial charge in [0.1, 0.15) is 7.85 Å². The van der Waals surface area contributed by atoms with Gasteiger partial charge in [-0.2, -0.15) is 4.98 Å². The van der Waals surface area contributed by atoms with Crippen molar-refractivity contribution < 1.29 is 4.52 Å². The van der Waals surface area contributed by atoms with E-state index in [1.54, 1.807) is 6.92 Å². The molecule has 0 bridgehead atoms. The highest BCUT2D eigenvalue weighted by Crippen LogP contribution is 2.04. The summed E-state index contributed by atoms with van der Waals surface area (Å²) in [4.78, 5) is 4.12. The van der Waals surface area contributed by atoms with Crippen molar-refractivity contribution in [2.45, 2.75) is 13.3 Å². The third kappa shape index (κ3) is 2.02. The molecule has 1 aromatic heterocycles. The smallest absolute Gasteiger partial charge is 0.223 e. The fourth-order valence-corrected chi connectivity index (χ4v) is 1.23. The largest absolute Gasteiger partial charge is 0.340 e. The summed E-state index contributed by atoms with van der Waals surface area (Å²) in [6, 6.07) is 7.65. The van der Waals surface area contributed by atoms with E-state index in [1.165, 1.54) is 0 Å². The van der Waals surface area contributed by atoms with Crippen LogP contribution in [0.2, 0.25) is 0 Å². The van der Waals surface area contributed by atoms with E-state index < -0.39 is 0 Å². The summed E-state index contributed by atoms with van der Waals surface area (Å²) in [5.41, 5.74) is 1.89. The van der Waals surface area contributed by atoms with Crippen LogP contribution in [0.4, 0.5) is 0 Å². The van der Waals surface area contributed by atoms with Gasteiger partial charge in [0.05, 0.1) is 0 Å². The molecule has 1 aromatic carbocycles. The van der Waals surface area contributed by atoms with Crippen LogP contribution in [0.5, 0.6) is 0 Å². The van der Waals surface area contributed by atoms with Crippen LogP contribution in [0.1, 0.15) is 17.3 Å². The number of benzene rings is 1. The highest BCUT2D eigenvalue weighted by Gasteiger charge is 2.02. The summed E-state index contributed by atoms with van der Waals surface area (Å²) in [6.07, 6.45) is 0.678. The molecule has 0 aliphatic heterocycles. The second-order valence-electron chi connectivity index (χ2n) is 3.15. The molecule has 1 heterocycles. The minimum Gasteiger partial charge on any atom is -0.340 e. The maximum absolute atomic E-state index is 5.57. The van der Waals surface area contributed by atoms with E-state index in [0.29, 0.717) is 18.1 Å². The van der Waals surface area contributed by atoms with E-state index in [2.05, 4.69) is 10.1 Å². The van der Waals surface area contributed by atoms with Gasteiger partial charge in [-0.1, -0.05) is 34.9 Å². The molecular formula is C10H9BN2O. The maximum atomic E-state index is 5.57. The van der Waals surface area contributed by atoms with Crippen LogP contribution in [0.3, 0.4) is 0 Å². The van der Waals surface area contributed by atoms with Gasteiger partial charge in [-0.05, 0) is 5.56 Å². The topological polar surface area (TPSA) is 38.9 Å². The Bertz CT molecular complexity index is 422. The molecule has 0 N–H and O–H groups in total. The first-order chi connectivity index (χ1) is 6.74. The number of rotatable bonds is 2. The standard InChI is InChI=1S/C10H9BN2O/c1-7-12-10(13-14-7)6-8-2-4-9(11)5-3-8/h2-5H,6H2,1H3. The van der Waals surface area contributed by atoms with E-state index in [1.807, 2.05) is 24.3 Å². The van der Waals surface area contributed by atoms with Crippen LogP contribution in [0.15, 0.2) is 28.8 Å². The Hall–Kier alpha value is -1.58. The molecule has 2 rings (SSSR count). The van der Waals surface area contributed by atoms with Gasteiger partial charge >= 0.3 is 0 Å². The molecule has 0 saturated carbocycles. The fraction of sp³-hybridized carbons (Fsp3) is 0.200. The molecule has 0 amide bonds. The normalized spacial score (nSPS) is 10.4. The minimum absolute atomic E-state index is 0.593. The summed E-state index contributed by atoms with van der Waals surface area (Å²) >= 11 is 0. The highest BCUT2D eigenvalue weighted by molar-refractivity contribution is 6.32. The van der Waals surface area contributed by atoms with Crippen LogP contribution in [-0.4, -0.2) is 18.0 Å². The quantitative estimate of drug-likeness (QED) is 0.646. The summed E-state index contributed by atoms with van der Waals surface area (Å²) in [5, 5.41) is 3.82. The van der Waals surface area contributed by atoms with Crippen LogP contribution >= 0.6 is 0 Å². The van der Waals surface area contributed by atoms with Crippen molar-refractivity contribution in [1.82, 2.24) is 10.1 Å². The molecular weight excluding hydrogens is 175 g/mol. The van der Waals surface area contributed by atoms with Crippen LogP contribution in [0, 0.1) is 6.92 Å². The summed E-state index contributed by atoms with van der Waals surface area (Å²) in [6.45, 7) is 1.78. The lowest BCUT2D eigenvalue weighted by Crippen LogP contribution is -2.01. The van der Waals surface area contributed by atoms with Crippen molar-refractivity contribution in [3.8, 4) is 0 Å². The summed E-state index contributed by atoms with van der Waals surface area (Å²) in [5.74, 6) is 1.29. The lowest BCUT2D eigenvalue weighted by Gasteiger charge is -1.97. The zero-order valence-electron chi connectivity index (χ0n) is 7.90. The van der Waals surface area contributed by atoms with E-state index in [9.17, 15) is 0 Å². The second kappa shape index (κ2) is 3.66. The summed E-state index contributed by atoms with van der Waals surface area (Å²) < 4.78 is 4.87. The molecule has 0 spiro atoms. The predicted octanol–water partition coefficient (Wildman–Crippen LogP) is 0.763. The summed E-state index contributed by atoms with van der Waals surface area (Å²) in [7, 11) is 5.57. The molecule has 2 aromatic rings. The van der Waals surface area contributed by atoms with Crippen molar-refractivity contribution >= 4 is 13.3 Å². The lowest BCUT2D eigenvalue weighted by atomic mass is 9.95. The first-order valence-electron chi connectivity index (χ1n) is 4.37. The average molecular weight is 184 g/mol. The van der Waals surface area contributed by atoms with E-state index in [4.69, 9.17) is 12.4 Å². The Kier molecular flexibility index (Phi) is 2.35. The van der Waals surface area contributed by atoms with Crippen LogP contribution in [0.25, 0.3) is 0 Å². The van der Waals surface area contributed by atoms with Crippen molar-refractivity contribution in [2.75, 3.05) is 0 Å². The molecule has 0 fully saturated rings. The predicted molar refractivity (Wildman–Crippen MR) is 53.7 cm³/mol.